The van der Waals surface area contributed by atoms with Crippen molar-refractivity contribution in [2.24, 2.45) is 4.99 Å². The summed E-state index contributed by atoms with van der Waals surface area (Å²) in [5, 5.41) is 6.05. The largest absolute Gasteiger partial charge is 0.406 e. The van der Waals surface area contributed by atoms with Gasteiger partial charge in [0.05, 0.1) is 0 Å². The van der Waals surface area contributed by atoms with Gasteiger partial charge in [0, 0.05) is 20.1 Å². The molecular weight excluding hydrogens is 460 g/mol. The van der Waals surface area contributed by atoms with E-state index in [0.717, 1.165) is 19.9 Å². The summed E-state index contributed by atoms with van der Waals surface area (Å²) in [5.41, 5.74) is 1.23. The number of guanidine groups is 1. The van der Waals surface area contributed by atoms with Crippen LogP contribution in [0.3, 0.4) is 0 Å². The Morgan fingerprint density at radius 2 is 1.85 bits per heavy atom. The second kappa shape index (κ2) is 12.8. The lowest BCUT2D eigenvalue weighted by Crippen LogP contribution is -2.40. The van der Waals surface area contributed by atoms with Crippen LogP contribution >= 0.6 is 24.0 Å². The number of nitrogens with zero attached hydrogens (tertiary/aromatic N) is 2. The molecular formula is C17H26F3IN4O. The van der Waals surface area contributed by atoms with Crippen LogP contribution < -0.4 is 10.6 Å². The van der Waals surface area contributed by atoms with Crippen LogP contribution in [0, 0.1) is 0 Å². The Hall–Kier alpha value is -1.52. The summed E-state index contributed by atoms with van der Waals surface area (Å²) in [4.78, 5) is 16.4. The van der Waals surface area contributed by atoms with Crippen LogP contribution in [0.4, 0.5) is 13.2 Å². The van der Waals surface area contributed by atoms with Gasteiger partial charge in [-0.05, 0) is 25.3 Å². The van der Waals surface area contributed by atoms with Crippen molar-refractivity contribution in [2.45, 2.75) is 25.9 Å². The Bertz CT molecular complexity index is 553. The number of rotatable bonds is 8. The summed E-state index contributed by atoms with van der Waals surface area (Å²) < 4.78 is 36.8. The Kier molecular flexibility index (Phi) is 12.0. The van der Waals surface area contributed by atoms with E-state index >= 15 is 0 Å². The van der Waals surface area contributed by atoms with Gasteiger partial charge in [0.15, 0.2) is 5.96 Å². The van der Waals surface area contributed by atoms with Crippen molar-refractivity contribution in [1.29, 1.82) is 0 Å². The minimum absolute atomic E-state index is 0. The van der Waals surface area contributed by atoms with Crippen LogP contribution in [-0.2, 0) is 11.2 Å². The number of aliphatic imine (C=N–C) groups is 1. The smallest absolute Gasteiger partial charge is 0.357 e. The van der Waals surface area contributed by atoms with Crippen LogP contribution in [0.1, 0.15) is 18.9 Å². The van der Waals surface area contributed by atoms with Crippen molar-refractivity contribution in [3.05, 3.63) is 35.9 Å². The molecule has 5 nitrogen and oxygen atoms in total. The second-order valence-corrected chi connectivity index (χ2v) is 5.58. The highest BCUT2D eigenvalue weighted by Gasteiger charge is 2.30. The molecule has 0 saturated heterocycles. The monoisotopic (exact) mass is 486 g/mol. The fourth-order valence-electron chi connectivity index (χ4n) is 2.11. The van der Waals surface area contributed by atoms with Crippen LogP contribution in [0.15, 0.2) is 35.3 Å². The lowest BCUT2D eigenvalue weighted by Gasteiger charge is -2.18. The van der Waals surface area contributed by atoms with Crippen LogP contribution in [0.5, 0.6) is 0 Å². The molecule has 9 heteroatoms. The molecule has 26 heavy (non-hydrogen) atoms. The third-order valence-electron chi connectivity index (χ3n) is 3.34. The van der Waals surface area contributed by atoms with Gasteiger partial charge in [-0.25, -0.2) is 4.99 Å². The van der Waals surface area contributed by atoms with E-state index in [-0.39, 0.29) is 30.5 Å². The maximum absolute atomic E-state index is 12.3. The summed E-state index contributed by atoms with van der Waals surface area (Å²) in [6.07, 6.45) is -2.63. The molecule has 0 heterocycles. The molecule has 0 atom stereocenters. The number of aryl methyl sites for hydroxylation is 1. The number of hydrogen-bond acceptors (Lipinski definition) is 2. The predicted molar refractivity (Wildman–Crippen MR) is 108 cm³/mol. The molecule has 0 aliphatic carbocycles. The number of benzene rings is 1. The first kappa shape index (κ1) is 24.5. The van der Waals surface area contributed by atoms with Gasteiger partial charge in [0.25, 0.3) is 0 Å². The van der Waals surface area contributed by atoms with Crippen molar-refractivity contribution in [2.75, 3.05) is 33.2 Å². The summed E-state index contributed by atoms with van der Waals surface area (Å²) in [5.74, 6) is -0.261. The number of halogens is 4. The van der Waals surface area contributed by atoms with Gasteiger partial charge in [-0.1, -0.05) is 30.3 Å². The number of carbonyl (C=O) groups is 1. The molecule has 0 spiro atoms. The Morgan fingerprint density at radius 3 is 2.42 bits per heavy atom. The Balaban J connectivity index is 0.00000625. The molecule has 0 bridgehead atoms. The number of hydrogen-bond donors (Lipinski definition) is 2. The Morgan fingerprint density at radius 1 is 1.19 bits per heavy atom. The zero-order valence-corrected chi connectivity index (χ0v) is 17.3. The topological polar surface area (TPSA) is 56.7 Å². The van der Waals surface area contributed by atoms with Crippen molar-refractivity contribution in [3.8, 4) is 0 Å². The van der Waals surface area contributed by atoms with E-state index in [1.807, 2.05) is 25.1 Å². The van der Waals surface area contributed by atoms with Crippen molar-refractivity contribution in [3.63, 3.8) is 0 Å². The third-order valence-corrected chi connectivity index (χ3v) is 3.34. The molecule has 0 unspecified atom stereocenters. The van der Waals surface area contributed by atoms with Gasteiger partial charge in [0.2, 0.25) is 5.91 Å². The first-order chi connectivity index (χ1) is 11.8. The van der Waals surface area contributed by atoms with Gasteiger partial charge < -0.3 is 15.5 Å². The van der Waals surface area contributed by atoms with E-state index in [4.69, 9.17) is 0 Å². The second-order valence-electron chi connectivity index (χ2n) is 5.58. The molecule has 1 amide bonds. The molecule has 0 aliphatic heterocycles. The van der Waals surface area contributed by atoms with E-state index in [0.29, 0.717) is 23.9 Å². The molecule has 1 aromatic rings. The summed E-state index contributed by atoms with van der Waals surface area (Å²) in [6.45, 7) is 1.51. The minimum Gasteiger partial charge on any atom is -0.357 e. The van der Waals surface area contributed by atoms with Crippen LogP contribution in [-0.4, -0.2) is 56.2 Å². The average Bonchev–Trinajstić information content (AvgIpc) is 2.55. The van der Waals surface area contributed by atoms with Gasteiger partial charge in [0.1, 0.15) is 13.1 Å². The summed E-state index contributed by atoms with van der Waals surface area (Å²) in [7, 11) is 1.12. The molecule has 1 aromatic carbocycles. The first-order valence-electron chi connectivity index (χ1n) is 8.18. The molecule has 148 valence electrons. The normalized spacial score (nSPS) is 11.5. The van der Waals surface area contributed by atoms with Crippen molar-refractivity contribution in [1.82, 2.24) is 15.5 Å². The van der Waals surface area contributed by atoms with E-state index in [1.54, 1.807) is 0 Å². The SMILES string of the molecule is CCNC(=NCC(=O)N(C)CC(F)(F)F)NCCCc1ccccc1.I. The number of alkyl halides is 3. The fourth-order valence-corrected chi connectivity index (χ4v) is 2.11. The van der Waals surface area contributed by atoms with E-state index in [9.17, 15) is 18.0 Å². The van der Waals surface area contributed by atoms with E-state index in [1.165, 1.54) is 5.56 Å². The number of carbonyl (C=O) groups excluding carboxylic acids is 1. The molecule has 0 fully saturated rings. The highest BCUT2D eigenvalue weighted by molar-refractivity contribution is 14.0. The molecule has 2 N–H and O–H groups in total. The number of nitrogens with one attached hydrogen (secondary N) is 2. The predicted octanol–water partition coefficient (Wildman–Crippen LogP) is 2.81. The third kappa shape index (κ3) is 11.2. The lowest BCUT2D eigenvalue weighted by atomic mass is 10.1. The zero-order valence-electron chi connectivity index (χ0n) is 15.0. The van der Waals surface area contributed by atoms with Crippen LogP contribution in [0.25, 0.3) is 0 Å². The Labute approximate surface area is 169 Å². The van der Waals surface area contributed by atoms with Gasteiger partial charge in [-0.15, -0.1) is 24.0 Å². The van der Waals surface area contributed by atoms with Gasteiger partial charge >= 0.3 is 6.18 Å². The average molecular weight is 486 g/mol. The highest BCUT2D eigenvalue weighted by Crippen LogP contribution is 2.15. The summed E-state index contributed by atoms with van der Waals surface area (Å²) >= 11 is 0. The maximum atomic E-state index is 12.3. The zero-order chi connectivity index (χ0) is 18.7. The molecule has 0 radical (unpaired) electrons. The molecule has 0 saturated carbocycles. The standard InChI is InChI=1S/C17H25F3N4O.HI/c1-3-21-16(22-11-7-10-14-8-5-4-6-9-14)23-12-15(25)24(2)13-17(18,19)20;/h4-6,8-9H,3,7,10-13H2,1-2H3,(H2,21,22,23);1H. The van der Waals surface area contributed by atoms with E-state index in [2.05, 4.69) is 27.8 Å². The van der Waals surface area contributed by atoms with Crippen molar-refractivity contribution < 1.29 is 18.0 Å². The molecule has 1 rings (SSSR count). The maximum Gasteiger partial charge on any atom is 0.406 e. The summed E-state index contributed by atoms with van der Waals surface area (Å²) in [6, 6.07) is 10.0. The van der Waals surface area contributed by atoms with Crippen LogP contribution in [0.2, 0.25) is 0 Å². The minimum atomic E-state index is -4.41. The lowest BCUT2D eigenvalue weighted by molar-refractivity contribution is -0.157. The molecule has 0 aromatic heterocycles. The highest BCUT2D eigenvalue weighted by atomic mass is 127. The van der Waals surface area contributed by atoms with E-state index < -0.39 is 18.6 Å². The van der Waals surface area contributed by atoms with Gasteiger partial charge in [-0.3, -0.25) is 4.79 Å². The fraction of sp³-hybridized carbons (Fsp3) is 0.529. The number of likely N-dealkylation sites (N-methyl/N-ethyl adjacent to an activating group) is 1. The first-order valence-corrected chi connectivity index (χ1v) is 8.18. The molecule has 0 aliphatic rings. The van der Waals surface area contributed by atoms with Crippen molar-refractivity contribution >= 4 is 35.8 Å². The van der Waals surface area contributed by atoms with Gasteiger partial charge in [-0.2, -0.15) is 13.2 Å². The number of amides is 1. The quantitative estimate of drug-likeness (QED) is 0.257.